The summed E-state index contributed by atoms with van der Waals surface area (Å²) in [4.78, 5) is 38.1. The van der Waals surface area contributed by atoms with Gasteiger partial charge in [-0.2, -0.15) is 0 Å². The molecule has 6 heteroatoms. The summed E-state index contributed by atoms with van der Waals surface area (Å²) in [7, 11) is 0. The molecule has 0 fully saturated rings. The predicted molar refractivity (Wildman–Crippen MR) is 361 cm³/mol. The molecule has 0 saturated heterocycles. The Bertz CT molecular complexity index is 1990. The van der Waals surface area contributed by atoms with Crippen molar-refractivity contribution in [2.24, 2.45) is 0 Å². The summed E-state index contributed by atoms with van der Waals surface area (Å²) in [6.45, 7) is 6.29. The standard InChI is InChI=1S/C77H118O6/c1-4-7-10-13-16-18-20-22-24-26-28-30-32-34-36-38-40-42-44-46-48-50-52-54-56-58-61-64-67-70-76(79)82-73-74(72-81-75(78)69-66-63-60-15-12-9-6-3)83-77(80)71-68-65-62-59-57-55-53-51-49-47-45-43-41-39-37-35-33-31-29-27-25-23-21-19-17-14-11-8-5-2/h7-8,10-11,16-19,22-25,28-31,34-37,40-43,46-49,52,54,58,61,74H,4-6,9,12-15,20-21,26-27,32-33,38-39,44-45,50-51,53,55-57,59-60,62-73H2,1-3H3/b10-7-,11-8-,18-16-,19-17-,24-22-,25-23-,30-28-,31-29-,36-34-,37-35-,42-40-,43-41-,48-46-,49-47-,54-52-,61-58-. The van der Waals surface area contributed by atoms with Crippen LogP contribution in [0, 0.1) is 0 Å². The van der Waals surface area contributed by atoms with Gasteiger partial charge in [-0.1, -0.05) is 286 Å². The maximum absolute atomic E-state index is 12.9. The van der Waals surface area contributed by atoms with Crippen LogP contribution in [0.2, 0.25) is 0 Å². The summed E-state index contributed by atoms with van der Waals surface area (Å²) in [6, 6.07) is 0. The van der Waals surface area contributed by atoms with Gasteiger partial charge < -0.3 is 14.2 Å². The fourth-order valence-electron chi connectivity index (χ4n) is 8.25. The highest BCUT2D eigenvalue weighted by Gasteiger charge is 2.19. The second kappa shape index (κ2) is 68.7. The van der Waals surface area contributed by atoms with Crippen LogP contribution < -0.4 is 0 Å². The SMILES string of the molecule is CC/C=C\C/C=C\C/C=C\C/C=C\C/C=C\C/C=C\C/C=C\C/C=C\C/C=C\CCCC(=O)OCC(COC(=O)CCCCCCCCC)OC(=O)CCCCCCCCC/C=C\C/C=C\C/C=C\C/C=C\C/C=C\C/C=C\C/C=C\CC. The van der Waals surface area contributed by atoms with E-state index in [1.165, 1.54) is 44.9 Å². The first-order valence-corrected chi connectivity index (χ1v) is 32.9. The molecule has 83 heavy (non-hydrogen) atoms. The van der Waals surface area contributed by atoms with Crippen molar-refractivity contribution in [3.63, 3.8) is 0 Å². The van der Waals surface area contributed by atoms with Gasteiger partial charge in [-0.15, -0.1) is 0 Å². The summed E-state index contributed by atoms with van der Waals surface area (Å²) in [5.41, 5.74) is 0. The smallest absolute Gasteiger partial charge is 0.306 e. The molecule has 0 aliphatic rings. The molecule has 0 amide bonds. The van der Waals surface area contributed by atoms with Crippen LogP contribution in [0.15, 0.2) is 194 Å². The Hall–Kier alpha value is -5.75. The van der Waals surface area contributed by atoms with Gasteiger partial charge in [0.2, 0.25) is 0 Å². The van der Waals surface area contributed by atoms with E-state index in [-0.39, 0.29) is 37.5 Å². The fraction of sp³-hybridized carbons (Fsp3) is 0.545. The highest BCUT2D eigenvalue weighted by atomic mass is 16.6. The third kappa shape index (κ3) is 66.9. The molecule has 0 rings (SSSR count). The maximum Gasteiger partial charge on any atom is 0.306 e. The quantitative estimate of drug-likeness (QED) is 0.0261. The Kier molecular flexibility index (Phi) is 64.0. The lowest BCUT2D eigenvalue weighted by atomic mass is 10.1. The molecule has 0 aliphatic heterocycles. The van der Waals surface area contributed by atoms with Crippen molar-refractivity contribution in [3.05, 3.63) is 194 Å². The summed E-state index contributed by atoms with van der Waals surface area (Å²) in [5.74, 6) is -1.000. The first-order chi connectivity index (χ1) is 41.0. The zero-order valence-electron chi connectivity index (χ0n) is 52.9. The first-order valence-electron chi connectivity index (χ1n) is 32.9. The minimum Gasteiger partial charge on any atom is -0.462 e. The van der Waals surface area contributed by atoms with E-state index in [1.54, 1.807) is 0 Å². The second-order valence-electron chi connectivity index (χ2n) is 20.9. The Morgan fingerprint density at radius 1 is 0.253 bits per heavy atom. The van der Waals surface area contributed by atoms with E-state index in [0.717, 1.165) is 161 Å². The number of esters is 3. The van der Waals surface area contributed by atoms with E-state index in [9.17, 15) is 14.4 Å². The maximum atomic E-state index is 12.9. The largest absolute Gasteiger partial charge is 0.462 e. The molecule has 462 valence electrons. The summed E-state index contributed by atoms with van der Waals surface area (Å²) in [6.07, 6.45) is 105. The average Bonchev–Trinajstić information content (AvgIpc) is 3.49. The molecule has 0 aliphatic carbocycles. The molecule has 0 radical (unpaired) electrons. The van der Waals surface area contributed by atoms with Gasteiger partial charge >= 0.3 is 17.9 Å². The highest BCUT2D eigenvalue weighted by Crippen LogP contribution is 2.13. The molecule has 1 unspecified atom stereocenters. The average molecular weight is 1140 g/mol. The molecule has 0 aromatic rings. The number of hydrogen-bond acceptors (Lipinski definition) is 6. The number of hydrogen-bond donors (Lipinski definition) is 0. The van der Waals surface area contributed by atoms with Crippen LogP contribution in [-0.2, 0) is 28.6 Å². The molecule has 0 aromatic heterocycles. The molecular weight excluding hydrogens is 1020 g/mol. The number of rotatable bonds is 57. The minimum absolute atomic E-state index is 0.110. The van der Waals surface area contributed by atoms with Crippen LogP contribution >= 0.6 is 0 Å². The number of ether oxygens (including phenoxy) is 3. The van der Waals surface area contributed by atoms with Gasteiger partial charge in [0.1, 0.15) is 13.2 Å². The van der Waals surface area contributed by atoms with Gasteiger partial charge in [0.25, 0.3) is 0 Å². The molecule has 0 saturated carbocycles. The molecule has 0 spiro atoms. The highest BCUT2D eigenvalue weighted by molar-refractivity contribution is 5.71. The Balaban J connectivity index is 4.32. The lowest BCUT2D eigenvalue weighted by Gasteiger charge is -2.18. The molecule has 0 heterocycles. The van der Waals surface area contributed by atoms with Gasteiger partial charge in [0.05, 0.1) is 0 Å². The van der Waals surface area contributed by atoms with E-state index in [0.29, 0.717) is 19.3 Å². The van der Waals surface area contributed by atoms with Crippen molar-refractivity contribution < 1.29 is 28.6 Å². The van der Waals surface area contributed by atoms with Crippen molar-refractivity contribution in [1.29, 1.82) is 0 Å². The first kappa shape index (κ1) is 77.2. The van der Waals surface area contributed by atoms with Crippen LogP contribution in [0.3, 0.4) is 0 Å². The van der Waals surface area contributed by atoms with Crippen LogP contribution in [0.25, 0.3) is 0 Å². The zero-order valence-corrected chi connectivity index (χ0v) is 52.9. The molecule has 1 atom stereocenters. The third-order valence-corrected chi connectivity index (χ3v) is 13.1. The van der Waals surface area contributed by atoms with E-state index >= 15 is 0 Å². The molecule has 0 aromatic carbocycles. The topological polar surface area (TPSA) is 78.9 Å². The Morgan fingerprint density at radius 3 is 0.783 bits per heavy atom. The summed E-state index contributed by atoms with van der Waals surface area (Å²) < 4.78 is 16.8. The number of unbranched alkanes of at least 4 members (excludes halogenated alkanes) is 14. The van der Waals surface area contributed by atoms with Crippen LogP contribution in [0.4, 0.5) is 0 Å². The van der Waals surface area contributed by atoms with Gasteiger partial charge in [-0.05, 0) is 141 Å². The van der Waals surface area contributed by atoms with Crippen LogP contribution in [0.5, 0.6) is 0 Å². The number of carbonyl (C=O) groups excluding carboxylic acids is 3. The lowest BCUT2D eigenvalue weighted by Crippen LogP contribution is -2.30. The second-order valence-corrected chi connectivity index (χ2v) is 20.9. The number of carbonyl (C=O) groups is 3. The van der Waals surface area contributed by atoms with Crippen LogP contribution in [0.1, 0.15) is 252 Å². The Labute approximate surface area is 509 Å². The molecular formula is C77H118O6. The monoisotopic (exact) mass is 1140 g/mol. The third-order valence-electron chi connectivity index (χ3n) is 13.1. The van der Waals surface area contributed by atoms with Crippen molar-refractivity contribution in [1.82, 2.24) is 0 Å². The number of allylic oxidation sites excluding steroid dienone is 32. The van der Waals surface area contributed by atoms with Crippen LogP contribution in [-0.4, -0.2) is 37.2 Å². The summed E-state index contributed by atoms with van der Waals surface area (Å²) >= 11 is 0. The Morgan fingerprint density at radius 2 is 0.482 bits per heavy atom. The van der Waals surface area contributed by atoms with Crippen molar-refractivity contribution in [2.75, 3.05) is 13.2 Å². The zero-order chi connectivity index (χ0) is 59.9. The fourth-order valence-corrected chi connectivity index (χ4v) is 8.25. The summed E-state index contributed by atoms with van der Waals surface area (Å²) in [5, 5.41) is 0. The molecule has 0 N–H and O–H groups in total. The predicted octanol–water partition coefficient (Wildman–Crippen LogP) is 23.0. The lowest BCUT2D eigenvalue weighted by molar-refractivity contribution is -0.167. The van der Waals surface area contributed by atoms with Crippen molar-refractivity contribution in [2.45, 2.75) is 258 Å². The van der Waals surface area contributed by atoms with Gasteiger partial charge in [-0.3, -0.25) is 14.4 Å². The van der Waals surface area contributed by atoms with Gasteiger partial charge in [-0.25, -0.2) is 0 Å². The normalized spacial score (nSPS) is 13.4. The van der Waals surface area contributed by atoms with E-state index in [2.05, 4.69) is 215 Å². The van der Waals surface area contributed by atoms with E-state index < -0.39 is 6.10 Å². The van der Waals surface area contributed by atoms with Crippen molar-refractivity contribution >= 4 is 17.9 Å². The molecule has 6 nitrogen and oxygen atoms in total. The van der Waals surface area contributed by atoms with E-state index in [4.69, 9.17) is 14.2 Å². The van der Waals surface area contributed by atoms with Gasteiger partial charge in [0, 0.05) is 19.3 Å². The molecule has 0 bridgehead atoms. The van der Waals surface area contributed by atoms with Crippen molar-refractivity contribution in [3.8, 4) is 0 Å². The van der Waals surface area contributed by atoms with E-state index in [1.807, 2.05) is 0 Å². The minimum atomic E-state index is -0.817. The van der Waals surface area contributed by atoms with Gasteiger partial charge in [0.15, 0.2) is 6.10 Å².